The zero-order valence-electron chi connectivity index (χ0n) is 7.86. The molecule has 0 aromatic rings. The first kappa shape index (κ1) is 8.75. The predicted molar refractivity (Wildman–Crippen MR) is 54.4 cm³/mol. The molecule has 2 heteroatoms. The number of rotatable bonds is 1. The molecule has 0 saturated heterocycles. The Morgan fingerprint density at radius 3 is 2.64 bits per heavy atom. The van der Waals surface area contributed by atoms with Gasteiger partial charge in [-0.15, -0.1) is 0 Å². The van der Waals surface area contributed by atoms with Gasteiger partial charge in [-0.2, -0.15) is 0 Å². The first-order valence-electron chi connectivity index (χ1n) is 4.43. The average molecular weight is 186 g/mol. The van der Waals surface area contributed by atoms with Crippen LogP contribution in [0.1, 0.15) is 6.92 Å². The number of esters is 1. The van der Waals surface area contributed by atoms with E-state index in [0.717, 1.165) is 11.1 Å². The fourth-order valence-electron chi connectivity index (χ4n) is 1.43. The van der Waals surface area contributed by atoms with Gasteiger partial charge in [0.25, 0.3) is 0 Å². The van der Waals surface area contributed by atoms with Crippen LogP contribution in [0.25, 0.3) is 11.1 Å². The summed E-state index contributed by atoms with van der Waals surface area (Å²) in [6, 6.07) is 13.5. The molecule has 0 aliphatic heterocycles. The van der Waals surface area contributed by atoms with Crippen LogP contribution in [0.15, 0.2) is 42.5 Å². The van der Waals surface area contributed by atoms with E-state index in [4.69, 9.17) is 4.74 Å². The maximum absolute atomic E-state index is 10.8. The first-order chi connectivity index (χ1) is 6.77. The Morgan fingerprint density at radius 1 is 1.07 bits per heavy atom. The molecule has 0 radical (unpaired) electrons. The normalized spacial score (nSPS) is 10.1. The summed E-state index contributed by atoms with van der Waals surface area (Å²) in [6.07, 6.45) is 0. The molecule has 0 saturated carbocycles. The Kier molecular flexibility index (Phi) is 2.19. The van der Waals surface area contributed by atoms with Gasteiger partial charge >= 0.3 is 5.97 Å². The minimum absolute atomic E-state index is 0.288. The Bertz CT molecular complexity index is 434. The van der Waals surface area contributed by atoms with Crippen LogP contribution < -0.4 is 4.74 Å². The SMILES string of the molecule is CC(=O)Oc1ccc2cccccc1-2. The highest BCUT2D eigenvalue weighted by atomic mass is 16.5. The zero-order valence-corrected chi connectivity index (χ0v) is 7.86. The highest BCUT2D eigenvalue weighted by molar-refractivity contribution is 5.78. The van der Waals surface area contributed by atoms with Gasteiger partial charge < -0.3 is 4.74 Å². The van der Waals surface area contributed by atoms with E-state index >= 15 is 0 Å². The Morgan fingerprint density at radius 2 is 1.86 bits per heavy atom. The van der Waals surface area contributed by atoms with Crippen LogP contribution in [-0.2, 0) is 4.79 Å². The molecule has 2 nitrogen and oxygen atoms in total. The van der Waals surface area contributed by atoms with Gasteiger partial charge in [0.1, 0.15) is 5.75 Å². The van der Waals surface area contributed by atoms with Crippen molar-refractivity contribution < 1.29 is 9.53 Å². The number of carbonyl (C=O) groups excluding carboxylic acids is 1. The summed E-state index contributed by atoms with van der Waals surface area (Å²) in [5, 5.41) is 0. The molecule has 0 N–H and O–H groups in total. The second-order valence-electron chi connectivity index (χ2n) is 3.07. The second-order valence-corrected chi connectivity index (χ2v) is 3.07. The van der Waals surface area contributed by atoms with Gasteiger partial charge in [0.2, 0.25) is 0 Å². The van der Waals surface area contributed by atoms with Gasteiger partial charge in [0.15, 0.2) is 0 Å². The lowest BCUT2D eigenvalue weighted by Crippen LogP contribution is -2.00. The molecule has 2 aliphatic rings. The summed E-state index contributed by atoms with van der Waals surface area (Å²) in [4.78, 5) is 10.8. The number of ether oxygens (including phenoxy) is 1. The largest absolute Gasteiger partial charge is 0.426 e. The molecule has 0 amide bonds. The number of fused-ring (bicyclic) bond motifs is 1. The van der Waals surface area contributed by atoms with Crippen molar-refractivity contribution in [1.29, 1.82) is 0 Å². The van der Waals surface area contributed by atoms with Crippen molar-refractivity contribution in [3.63, 3.8) is 0 Å². The third-order valence-corrected chi connectivity index (χ3v) is 2.01. The minimum Gasteiger partial charge on any atom is -0.426 e. The molecule has 2 rings (SSSR count). The summed E-state index contributed by atoms with van der Waals surface area (Å²) >= 11 is 0. The lowest BCUT2D eigenvalue weighted by Gasteiger charge is -2.00. The lowest BCUT2D eigenvalue weighted by molar-refractivity contribution is -0.131. The Labute approximate surface area is 82.5 Å². The molecule has 0 aromatic carbocycles. The molecule has 0 unspecified atom stereocenters. The van der Waals surface area contributed by atoms with Gasteiger partial charge in [0.05, 0.1) is 0 Å². The molecule has 0 atom stereocenters. The molecule has 0 aromatic heterocycles. The molecule has 2 aliphatic carbocycles. The van der Waals surface area contributed by atoms with E-state index in [-0.39, 0.29) is 5.97 Å². The van der Waals surface area contributed by atoms with Crippen molar-refractivity contribution in [3.8, 4) is 16.9 Å². The van der Waals surface area contributed by atoms with Crippen LogP contribution in [-0.4, -0.2) is 5.97 Å². The topological polar surface area (TPSA) is 26.3 Å². The third kappa shape index (κ3) is 1.59. The van der Waals surface area contributed by atoms with E-state index in [0.29, 0.717) is 5.75 Å². The minimum atomic E-state index is -0.288. The molecule has 0 fully saturated rings. The summed E-state index contributed by atoms with van der Waals surface area (Å²) in [7, 11) is 0. The van der Waals surface area contributed by atoms with E-state index in [1.807, 2.05) is 42.5 Å². The van der Waals surface area contributed by atoms with Gasteiger partial charge in [-0.3, -0.25) is 4.79 Å². The van der Waals surface area contributed by atoms with E-state index < -0.39 is 0 Å². The lowest BCUT2D eigenvalue weighted by atomic mass is 10.2. The number of hydrogen-bond acceptors (Lipinski definition) is 2. The quantitative estimate of drug-likeness (QED) is 0.640. The molecule has 70 valence electrons. The molecule has 14 heavy (non-hydrogen) atoms. The zero-order chi connectivity index (χ0) is 9.97. The van der Waals surface area contributed by atoms with Gasteiger partial charge in [-0.25, -0.2) is 0 Å². The molecule has 0 bridgehead atoms. The monoisotopic (exact) mass is 186 g/mol. The van der Waals surface area contributed by atoms with Crippen molar-refractivity contribution in [1.82, 2.24) is 0 Å². The number of hydrogen-bond donors (Lipinski definition) is 0. The maximum Gasteiger partial charge on any atom is 0.308 e. The highest BCUT2D eigenvalue weighted by Gasteiger charge is 2.09. The fourth-order valence-corrected chi connectivity index (χ4v) is 1.43. The van der Waals surface area contributed by atoms with Crippen molar-refractivity contribution in [2.75, 3.05) is 0 Å². The molecule has 0 spiro atoms. The molecular weight excluding hydrogens is 176 g/mol. The molecular formula is C12H10O2. The van der Waals surface area contributed by atoms with E-state index in [2.05, 4.69) is 0 Å². The predicted octanol–water partition coefficient (Wildman–Crippen LogP) is 2.72. The van der Waals surface area contributed by atoms with Crippen LogP contribution >= 0.6 is 0 Å². The average Bonchev–Trinajstić information content (AvgIpc) is 2.37. The van der Waals surface area contributed by atoms with Crippen LogP contribution in [0.2, 0.25) is 0 Å². The van der Waals surface area contributed by atoms with E-state index in [1.54, 1.807) is 0 Å². The highest BCUT2D eigenvalue weighted by Crippen LogP contribution is 2.32. The van der Waals surface area contributed by atoms with E-state index in [1.165, 1.54) is 6.92 Å². The van der Waals surface area contributed by atoms with Crippen LogP contribution in [0.5, 0.6) is 5.75 Å². The smallest absolute Gasteiger partial charge is 0.308 e. The Balaban J connectivity index is 2.47. The first-order valence-corrected chi connectivity index (χ1v) is 4.43. The Hall–Kier alpha value is -1.83. The van der Waals surface area contributed by atoms with E-state index in [9.17, 15) is 4.79 Å². The van der Waals surface area contributed by atoms with Crippen molar-refractivity contribution in [3.05, 3.63) is 42.5 Å². The van der Waals surface area contributed by atoms with Crippen molar-refractivity contribution in [2.45, 2.75) is 6.92 Å². The standard InChI is InChI=1S/C12H10O2/c1-9(13)14-12-8-7-10-5-3-2-4-6-11(10)12/h2-8H,1H3. The van der Waals surface area contributed by atoms with Gasteiger partial charge in [-0.1, -0.05) is 36.4 Å². The fraction of sp³-hybridized carbons (Fsp3) is 0.0833. The third-order valence-electron chi connectivity index (χ3n) is 2.01. The molecule has 0 heterocycles. The van der Waals surface area contributed by atoms with Crippen LogP contribution in [0, 0.1) is 0 Å². The summed E-state index contributed by atoms with van der Waals surface area (Å²) in [6.45, 7) is 1.40. The summed E-state index contributed by atoms with van der Waals surface area (Å²) in [5.41, 5.74) is 2.04. The number of carbonyl (C=O) groups is 1. The maximum atomic E-state index is 10.8. The second kappa shape index (κ2) is 3.50. The van der Waals surface area contributed by atoms with Crippen LogP contribution in [0.3, 0.4) is 0 Å². The van der Waals surface area contributed by atoms with Crippen molar-refractivity contribution in [2.24, 2.45) is 0 Å². The summed E-state index contributed by atoms with van der Waals surface area (Å²) < 4.78 is 5.07. The van der Waals surface area contributed by atoms with Crippen LogP contribution in [0.4, 0.5) is 0 Å². The van der Waals surface area contributed by atoms with Crippen molar-refractivity contribution >= 4 is 5.97 Å². The summed E-state index contributed by atoms with van der Waals surface area (Å²) in [5.74, 6) is 0.340. The van der Waals surface area contributed by atoms with Gasteiger partial charge in [-0.05, 0) is 11.6 Å². The van der Waals surface area contributed by atoms with Gasteiger partial charge in [0, 0.05) is 12.5 Å².